The van der Waals surface area contributed by atoms with Gasteiger partial charge >= 0.3 is 5.69 Å². The first-order chi connectivity index (χ1) is 12.2. The van der Waals surface area contributed by atoms with Gasteiger partial charge in [0.25, 0.3) is 0 Å². The van der Waals surface area contributed by atoms with Gasteiger partial charge in [-0.2, -0.15) is 4.98 Å². The Kier molecular flexibility index (Phi) is 4.10. The highest BCUT2D eigenvalue weighted by atomic mass is 16.3. The number of hydrogen-bond acceptors (Lipinski definition) is 6. The van der Waals surface area contributed by atoms with Crippen LogP contribution in [-0.2, 0) is 6.54 Å². The van der Waals surface area contributed by atoms with Crippen LogP contribution >= 0.6 is 0 Å². The second-order valence-electron chi connectivity index (χ2n) is 6.32. The molecule has 1 saturated heterocycles. The number of imidazole rings is 1. The fourth-order valence-electron chi connectivity index (χ4n) is 3.12. The maximum absolute atomic E-state index is 12.3. The molecule has 25 heavy (non-hydrogen) atoms. The number of hydrogen-bond donors (Lipinski definition) is 4. The summed E-state index contributed by atoms with van der Waals surface area (Å²) in [6.07, 6.45) is 2.75. The standard InChI is InChI=1S/C17H20N6O2/c24-14-4-2-1-3-12(14)10-23-15-13(21-17(23)25)9-20-16(22-15)19-8-11-5-6-18-7-11/h1-4,9,11,18,24H,5-8,10H2,(H,21,25)(H,19,20,22)/t11-/m1/s1. The number of aromatic nitrogens is 4. The van der Waals surface area contributed by atoms with Crippen molar-refractivity contribution in [1.82, 2.24) is 24.8 Å². The van der Waals surface area contributed by atoms with E-state index in [0.29, 0.717) is 28.6 Å². The van der Waals surface area contributed by atoms with Crippen molar-refractivity contribution in [3.8, 4) is 5.75 Å². The van der Waals surface area contributed by atoms with E-state index in [0.717, 1.165) is 26.1 Å². The van der Waals surface area contributed by atoms with Crippen molar-refractivity contribution in [1.29, 1.82) is 0 Å². The van der Waals surface area contributed by atoms with Crippen LogP contribution in [0, 0.1) is 5.92 Å². The van der Waals surface area contributed by atoms with Crippen LogP contribution in [0.2, 0.25) is 0 Å². The first-order valence-electron chi connectivity index (χ1n) is 8.38. The number of aromatic hydroxyl groups is 1. The highest BCUT2D eigenvalue weighted by Crippen LogP contribution is 2.18. The van der Waals surface area contributed by atoms with Gasteiger partial charge < -0.3 is 20.7 Å². The van der Waals surface area contributed by atoms with Crippen molar-refractivity contribution in [2.75, 3.05) is 25.0 Å². The Morgan fingerprint density at radius 3 is 3.04 bits per heavy atom. The maximum Gasteiger partial charge on any atom is 0.328 e. The molecule has 0 bridgehead atoms. The zero-order valence-corrected chi connectivity index (χ0v) is 13.7. The Balaban J connectivity index is 1.62. The molecule has 2 aromatic heterocycles. The number of rotatable bonds is 5. The normalized spacial score (nSPS) is 17.2. The van der Waals surface area contributed by atoms with Crippen molar-refractivity contribution >= 4 is 17.1 Å². The Bertz CT molecular complexity index is 942. The van der Waals surface area contributed by atoms with Gasteiger partial charge in [-0.3, -0.25) is 4.57 Å². The minimum atomic E-state index is -0.273. The molecule has 4 rings (SSSR count). The largest absolute Gasteiger partial charge is 0.508 e. The van der Waals surface area contributed by atoms with Gasteiger partial charge in [0, 0.05) is 12.1 Å². The SMILES string of the molecule is O=c1[nH]c2cnc(NC[C@@H]3CCNC3)nc2n1Cc1ccccc1O. The fraction of sp³-hybridized carbons (Fsp3) is 0.353. The monoisotopic (exact) mass is 340 g/mol. The van der Waals surface area contributed by atoms with E-state index in [1.807, 2.05) is 6.07 Å². The molecule has 4 N–H and O–H groups in total. The molecule has 1 aromatic carbocycles. The molecule has 1 aliphatic rings. The van der Waals surface area contributed by atoms with Crippen LogP contribution in [-0.4, -0.2) is 44.3 Å². The van der Waals surface area contributed by atoms with Crippen LogP contribution in [0.4, 0.5) is 5.95 Å². The van der Waals surface area contributed by atoms with Crippen molar-refractivity contribution < 1.29 is 5.11 Å². The number of benzene rings is 1. The second kappa shape index (κ2) is 6.56. The van der Waals surface area contributed by atoms with Crippen LogP contribution in [0.5, 0.6) is 5.75 Å². The van der Waals surface area contributed by atoms with E-state index in [1.54, 1.807) is 24.4 Å². The number of para-hydroxylation sites is 1. The lowest BCUT2D eigenvalue weighted by molar-refractivity contribution is 0.466. The molecule has 8 nitrogen and oxygen atoms in total. The van der Waals surface area contributed by atoms with Crippen LogP contribution in [0.25, 0.3) is 11.2 Å². The molecule has 0 amide bonds. The smallest absolute Gasteiger partial charge is 0.328 e. The quantitative estimate of drug-likeness (QED) is 0.549. The lowest BCUT2D eigenvalue weighted by Gasteiger charge is -2.10. The number of phenols is 1. The Morgan fingerprint density at radius 1 is 1.36 bits per heavy atom. The summed E-state index contributed by atoms with van der Waals surface area (Å²) in [6.45, 7) is 3.09. The van der Waals surface area contributed by atoms with E-state index in [9.17, 15) is 9.90 Å². The van der Waals surface area contributed by atoms with E-state index in [4.69, 9.17) is 0 Å². The van der Waals surface area contributed by atoms with E-state index >= 15 is 0 Å². The topological polar surface area (TPSA) is 108 Å². The van der Waals surface area contributed by atoms with Gasteiger partial charge in [-0.1, -0.05) is 18.2 Å². The molecule has 1 aliphatic heterocycles. The zero-order chi connectivity index (χ0) is 17.2. The third-order valence-corrected chi connectivity index (χ3v) is 4.54. The minimum Gasteiger partial charge on any atom is -0.508 e. The van der Waals surface area contributed by atoms with Crippen molar-refractivity contribution in [2.45, 2.75) is 13.0 Å². The van der Waals surface area contributed by atoms with Gasteiger partial charge in [0.2, 0.25) is 5.95 Å². The predicted octanol–water partition coefficient (Wildman–Crippen LogP) is 0.895. The van der Waals surface area contributed by atoms with Crippen molar-refractivity contribution in [2.24, 2.45) is 5.92 Å². The van der Waals surface area contributed by atoms with E-state index in [2.05, 4.69) is 25.6 Å². The second-order valence-corrected chi connectivity index (χ2v) is 6.32. The van der Waals surface area contributed by atoms with Crippen molar-refractivity contribution in [3.05, 3.63) is 46.5 Å². The van der Waals surface area contributed by atoms with E-state index in [1.165, 1.54) is 4.57 Å². The molecule has 1 atom stereocenters. The molecule has 0 aliphatic carbocycles. The zero-order valence-electron chi connectivity index (χ0n) is 13.7. The van der Waals surface area contributed by atoms with Gasteiger partial charge in [0.15, 0.2) is 5.65 Å². The fourth-order valence-corrected chi connectivity index (χ4v) is 3.12. The minimum absolute atomic E-state index is 0.157. The summed E-state index contributed by atoms with van der Waals surface area (Å²) in [7, 11) is 0. The highest BCUT2D eigenvalue weighted by Gasteiger charge is 2.15. The molecular formula is C17H20N6O2. The summed E-state index contributed by atoms with van der Waals surface area (Å²) in [4.78, 5) is 23.8. The summed E-state index contributed by atoms with van der Waals surface area (Å²) >= 11 is 0. The first kappa shape index (κ1) is 15.6. The highest BCUT2D eigenvalue weighted by molar-refractivity contribution is 5.71. The lowest BCUT2D eigenvalue weighted by atomic mass is 10.1. The number of fused-ring (bicyclic) bond motifs is 1. The Morgan fingerprint density at radius 2 is 2.24 bits per heavy atom. The summed E-state index contributed by atoms with van der Waals surface area (Å²) in [5.41, 5.74) is 1.49. The summed E-state index contributed by atoms with van der Waals surface area (Å²) in [6, 6.07) is 6.96. The molecule has 130 valence electrons. The predicted molar refractivity (Wildman–Crippen MR) is 94.8 cm³/mol. The van der Waals surface area contributed by atoms with E-state index < -0.39 is 0 Å². The molecule has 3 aromatic rings. The number of anilines is 1. The maximum atomic E-state index is 12.3. The molecule has 1 fully saturated rings. The first-order valence-corrected chi connectivity index (χ1v) is 8.38. The summed E-state index contributed by atoms with van der Waals surface area (Å²) in [5, 5.41) is 16.5. The summed E-state index contributed by atoms with van der Waals surface area (Å²) in [5.74, 6) is 1.23. The molecule has 0 spiro atoms. The van der Waals surface area contributed by atoms with Crippen LogP contribution in [0.1, 0.15) is 12.0 Å². The van der Waals surface area contributed by atoms with E-state index in [-0.39, 0.29) is 18.0 Å². The molecule has 0 radical (unpaired) electrons. The summed E-state index contributed by atoms with van der Waals surface area (Å²) < 4.78 is 1.51. The van der Waals surface area contributed by atoms with Gasteiger partial charge in [0.1, 0.15) is 11.3 Å². The Hall–Kier alpha value is -2.87. The number of aromatic amines is 1. The lowest BCUT2D eigenvalue weighted by Crippen LogP contribution is -2.19. The van der Waals surface area contributed by atoms with Crippen LogP contribution < -0.4 is 16.3 Å². The number of nitrogens with one attached hydrogen (secondary N) is 3. The molecule has 0 saturated carbocycles. The molecule has 3 heterocycles. The van der Waals surface area contributed by atoms with Gasteiger partial charge in [-0.15, -0.1) is 0 Å². The number of nitrogens with zero attached hydrogens (tertiary/aromatic N) is 3. The molecule has 0 unspecified atom stereocenters. The van der Waals surface area contributed by atoms with Gasteiger partial charge in [-0.25, -0.2) is 9.78 Å². The average Bonchev–Trinajstić information content (AvgIpc) is 3.23. The van der Waals surface area contributed by atoms with Crippen molar-refractivity contribution in [3.63, 3.8) is 0 Å². The number of H-pyrrole nitrogens is 1. The van der Waals surface area contributed by atoms with Gasteiger partial charge in [0.05, 0.1) is 12.7 Å². The number of phenolic OH excluding ortho intramolecular Hbond substituents is 1. The van der Waals surface area contributed by atoms with Crippen LogP contribution in [0.15, 0.2) is 35.3 Å². The van der Waals surface area contributed by atoms with Gasteiger partial charge in [-0.05, 0) is 31.5 Å². The Labute approximate surface area is 143 Å². The third-order valence-electron chi connectivity index (χ3n) is 4.54. The van der Waals surface area contributed by atoms with Crippen LogP contribution in [0.3, 0.4) is 0 Å². The molecular weight excluding hydrogens is 320 g/mol. The molecule has 8 heteroatoms. The average molecular weight is 340 g/mol. The third kappa shape index (κ3) is 3.20.